The molecule has 0 spiro atoms. The Kier molecular flexibility index (Phi) is 4.02. The van der Waals surface area contributed by atoms with Crippen LogP contribution in [0.3, 0.4) is 0 Å². The number of alkyl halides is 1. The minimum atomic E-state index is 0.361. The first-order valence-corrected chi connectivity index (χ1v) is 6.16. The Balaban J connectivity index is 1.94. The highest BCUT2D eigenvalue weighted by Gasteiger charge is 2.17. The van der Waals surface area contributed by atoms with E-state index in [1.54, 1.807) is 0 Å². The summed E-state index contributed by atoms with van der Waals surface area (Å²) in [6.07, 6.45) is 4.52. The number of rotatable bonds is 4. The van der Waals surface area contributed by atoms with Crippen molar-refractivity contribution in [1.82, 2.24) is 4.98 Å². The van der Waals surface area contributed by atoms with Gasteiger partial charge >= 0.3 is 0 Å². The third kappa shape index (κ3) is 2.86. The molecule has 1 aliphatic rings. The Morgan fingerprint density at radius 2 is 2.44 bits per heavy atom. The summed E-state index contributed by atoms with van der Waals surface area (Å²) < 4.78 is 5.60. The first-order chi connectivity index (χ1) is 7.79. The minimum absolute atomic E-state index is 0.361. The van der Waals surface area contributed by atoms with Crippen LogP contribution in [0.1, 0.15) is 18.4 Å². The van der Waals surface area contributed by atoms with Crippen LogP contribution in [-0.2, 0) is 10.6 Å². The van der Waals surface area contributed by atoms with Crippen molar-refractivity contribution in [3.63, 3.8) is 0 Å². The average molecular weight is 241 g/mol. The van der Waals surface area contributed by atoms with E-state index in [1.165, 1.54) is 6.42 Å². The number of likely N-dealkylation sites (N-methyl/N-ethyl adjacent to an activating group) is 1. The molecule has 0 aromatic carbocycles. The van der Waals surface area contributed by atoms with Crippen molar-refractivity contribution < 1.29 is 4.74 Å². The fraction of sp³-hybridized carbons (Fsp3) is 0.583. The number of hydrogen-bond acceptors (Lipinski definition) is 3. The zero-order valence-corrected chi connectivity index (χ0v) is 10.3. The van der Waals surface area contributed by atoms with E-state index in [-0.39, 0.29) is 0 Å². The number of pyridine rings is 1. The molecule has 1 atom stereocenters. The first-order valence-electron chi connectivity index (χ1n) is 5.63. The summed E-state index contributed by atoms with van der Waals surface area (Å²) in [7, 11) is 2.05. The average Bonchev–Trinajstić information content (AvgIpc) is 2.82. The Labute approximate surface area is 101 Å². The van der Waals surface area contributed by atoms with Gasteiger partial charge < -0.3 is 9.64 Å². The van der Waals surface area contributed by atoms with E-state index < -0.39 is 0 Å². The van der Waals surface area contributed by atoms with Crippen molar-refractivity contribution in [1.29, 1.82) is 0 Å². The Morgan fingerprint density at radius 1 is 1.56 bits per heavy atom. The molecule has 0 saturated carbocycles. The maximum absolute atomic E-state index is 5.72. The predicted octanol–water partition coefficient (Wildman–Crippen LogP) is 2.44. The van der Waals surface area contributed by atoms with Crippen LogP contribution in [-0.4, -0.2) is 31.3 Å². The highest BCUT2D eigenvalue weighted by Crippen LogP contribution is 2.16. The molecule has 2 rings (SSSR count). The lowest BCUT2D eigenvalue weighted by atomic mass is 10.2. The summed E-state index contributed by atoms with van der Waals surface area (Å²) in [5, 5.41) is 0. The zero-order valence-electron chi connectivity index (χ0n) is 9.53. The van der Waals surface area contributed by atoms with Crippen LogP contribution < -0.4 is 4.90 Å². The van der Waals surface area contributed by atoms with Gasteiger partial charge in [0.15, 0.2) is 0 Å². The third-order valence-corrected chi connectivity index (χ3v) is 3.16. The van der Waals surface area contributed by atoms with Crippen LogP contribution in [0.5, 0.6) is 0 Å². The standard InChI is InChI=1S/C12H17ClN2O/c1-15(9-11-3-2-6-16-11)12-5-4-10(7-13)8-14-12/h4-5,8,11H,2-3,6-7,9H2,1H3. The van der Waals surface area contributed by atoms with Gasteiger partial charge in [0.25, 0.3) is 0 Å². The second-order valence-corrected chi connectivity index (χ2v) is 4.44. The molecule has 1 saturated heterocycles. The molecule has 16 heavy (non-hydrogen) atoms. The van der Waals surface area contributed by atoms with Crippen molar-refractivity contribution in [3.8, 4) is 0 Å². The highest BCUT2D eigenvalue weighted by molar-refractivity contribution is 6.17. The highest BCUT2D eigenvalue weighted by atomic mass is 35.5. The summed E-state index contributed by atoms with van der Waals surface area (Å²) in [4.78, 5) is 6.51. The molecule has 1 unspecified atom stereocenters. The van der Waals surface area contributed by atoms with Crippen molar-refractivity contribution in [3.05, 3.63) is 23.9 Å². The lowest BCUT2D eigenvalue weighted by molar-refractivity contribution is 0.116. The van der Waals surface area contributed by atoms with E-state index in [0.717, 1.165) is 31.0 Å². The number of ether oxygens (including phenoxy) is 1. The third-order valence-electron chi connectivity index (χ3n) is 2.86. The van der Waals surface area contributed by atoms with Gasteiger partial charge in [-0.1, -0.05) is 6.07 Å². The van der Waals surface area contributed by atoms with Gasteiger partial charge in [0.05, 0.1) is 6.10 Å². The Bertz CT molecular complexity index is 322. The number of nitrogens with zero attached hydrogens (tertiary/aromatic N) is 2. The van der Waals surface area contributed by atoms with Crippen LogP contribution in [0.4, 0.5) is 5.82 Å². The SMILES string of the molecule is CN(CC1CCCO1)c1ccc(CCl)cn1. The van der Waals surface area contributed by atoms with E-state index >= 15 is 0 Å². The molecule has 1 aromatic rings. The van der Waals surface area contributed by atoms with Gasteiger partial charge in [0, 0.05) is 32.3 Å². The summed E-state index contributed by atoms with van der Waals surface area (Å²) >= 11 is 5.72. The fourth-order valence-electron chi connectivity index (χ4n) is 1.91. The van der Waals surface area contributed by atoms with Gasteiger partial charge in [0.1, 0.15) is 5.82 Å². The van der Waals surface area contributed by atoms with Gasteiger partial charge in [-0.25, -0.2) is 4.98 Å². The van der Waals surface area contributed by atoms with Gasteiger partial charge in [-0.05, 0) is 24.5 Å². The molecule has 0 amide bonds. The number of halogens is 1. The summed E-state index contributed by atoms with van der Waals surface area (Å²) in [5.74, 6) is 1.49. The molecule has 1 aliphatic heterocycles. The van der Waals surface area contributed by atoms with Crippen molar-refractivity contribution in [2.75, 3.05) is 25.1 Å². The Hall–Kier alpha value is -0.800. The topological polar surface area (TPSA) is 25.4 Å². The van der Waals surface area contributed by atoms with Gasteiger partial charge in [-0.3, -0.25) is 0 Å². The fourth-order valence-corrected chi connectivity index (χ4v) is 2.07. The van der Waals surface area contributed by atoms with Crippen LogP contribution in [0, 0.1) is 0 Å². The van der Waals surface area contributed by atoms with Crippen LogP contribution in [0.2, 0.25) is 0 Å². The van der Waals surface area contributed by atoms with Crippen molar-refractivity contribution in [2.24, 2.45) is 0 Å². The minimum Gasteiger partial charge on any atom is -0.376 e. The number of anilines is 1. The van der Waals surface area contributed by atoms with E-state index in [1.807, 2.05) is 25.4 Å². The van der Waals surface area contributed by atoms with Crippen molar-refractivity contribution >= 4 is 17.4 Å². The maximum Gasteiger partial charge on any atom is 0.128 e. The van der Waals surface area contributed by atoms with Crippen LogP contribution in [0.15, 0.2) is 18.3 Å². The smallest absolute Gasteiger partial charge is 0.128 e. The molecule has 1 aromatic heterocycles. The molecule has 0 N–H and O–H groups in total. The monoisotopic (exact) mass is 240 g/mol. The maximum atomic E-state index is 5.72. The van der Waals surface area contributed by atoms with E-state index in [0.29, 0.717) is 12.0 Å². The molecule has 88 valence electrons. The number of hydrogen-bond donors (Lipinski definition) is 0. The summed E-state index contributed by atoms with van der Waals surface area (Å²) in [5.41, 5.74) is 1.05. The van der Waals surface area contributed by atoms with E-state index in [4.69, 9.17) is 16.3 Å². The lowest BCUT2D eigenvalue weighted by Crippen LogP contribution is -2.29. The summed E-state index contributed by atoms with van der Waals surface area (Å²) in [6.45, 7) is 1.81. The normalized spacial score (nSPS) is 20.0. The van der Waals surface area contributed by atoms with E-state index in [2.05, 4.69) is 9.88 Å². The molecule has 4 heteroatoms. The summed E-state index contributed by atoms with van der Waals surface area (Å²) in [6, 6.07) is 4.02. The second-order valence-electron chi connectivity index (χ2n) is 4.17. The Morgan fingerprint density at radius 3 is 3.00 bits per heavy atom. The van der Waals surface area contributed by atoms with E-state index in [9.17, 15) is 0 Å². The van der Waals surface area contributed by atoms with Crippen LogP contribution in [0.25, 0.3) is 0 Å². The van der Waals surface area contributed by atoms with Crippen molar-refractivity contribution in [2.45, 2.75) is 24.8 Å². The van der Waals surface area contributed by atoms with Crippen LogP contribution >= 0.6 is 11.6 Å². The quantitative estimate of drug-likeness (QED) is 0.756. The first kappa shape index (κ1) is 11.7. The molecule has 0 radical (unpaired) electrons. The van der Waals surface area contributed by atoms with Gasteiger partial charge in [-0.2, -0.15) is 0 Å². The zero-order chi connectivity index (χ0) is 11.4. The molecular weight excluding hydrogens is 224 g/mol. The molecule has 0 bridgehead atoms. The molecule has 3 nitrogen and oxygen atoms in total. The lowest BCUT2D eigenvalue weighted by Gasteiger charge is -2.21. The molecule has 0 aliphatic carbocycles. The second kappa shape index (κ2) is 5.51. The molecule has 2 heterocycles. The number of aromatic nitrogens is 1. The molecular formula is C12H17ClN2O. The van der Waals surface area contributed by atoms with Gasteiger partial charge in [0.2, 0.25) is 0 Å². The molecule has 1 fully saturated rings. The van der Waals surface area contributed by atoms with Gasteiger partial charge in [-0.15, -0.1) is 11.6 Å². The predicted molar refractivity (Wildman–Crippen MR) is 66.0 cm³/mol. The largest absolute Gasteiger partial charge is 0.376 e.